The van der Waals surface area contributed by atoms with Crippen LogP contribution in [-0.2, 0) is 11.3 Å². The van der Waals surface area contributed by atoms with Gasteiger partial charge in [-0.2, -0.15) is 10.0 Å². The Balaban J connectivity index is 0.000000509. The first-order valence-corrected chi connectivity index (χ1v) is 14.2. The monoisotopic (exact) mass is 491 g/mol. The Hall–Kier alpha value is -3.57. The number of nitrogens with zero attached hydrogens (tertiary/aromatic N) is 4. The molecule has 0 aliphatic carbocycles. The minimum atomic E-state index is -0.848. The zero-order valence-corrected chi connectivity index (χ0v) is 22.3. The number of aliphatic imine (C=N–C) groups is 1. The molecule has 4 rings (SSSR count). The number of aromatic nitrogens is 3. The molecule has 0 saturated carbocycles. The summed E-state index contributed by atoms with van der Waals surface area (Å²) in [6.07, 6.45) is 6.58. The number of aryl methyl sites for hydroxylation is 1. The maximum absolute atomic E-state index is 9.93. The largest absolute Gasteiger partial charge is 0.497 e. The molecular weight excluding hydrogens is 458 g/mol. The summed E-state index contributed by atoms with van der Waals surface area (Å²) in [4.78, 5) is 14.8. The number of hydrogen-bond acceptors (Lipinski definition) is 5. The number of carbonyl (C=O) groups is 1. The molecule has 0 atom stereocenters. The van der Waals surface area contributed by atoms with Crippen molar-refractivity contribution in [1.82, 2.24) is 20.1 Å². The van der Waals surface area contributed by atoms with Gasteiger partial charge in [0, 0.05) is 30.2 Å². The third-order valence-corrected chi connectivity index (χ3v) is 5.77. The maximum Gasteiger partial charge on any atom is 0.216 e. The Kier molecular flexibility index (Phi) is 8.36. The summed E-state index contributed by atoms with van der Waals surface area (Å²) in [7, 11) is 0.828. The fourth-order valence-electron chi connectivity index (χ4n) is 3.50. The van der Waals surface area contributed by atoms with Crippen LogP contribution < -0.4 is 10.1 Å². The van der Waals surface area contributed by atoms with E-state index >= 15 is 0 Å². The third kappa shape index (κ3) is 6.74. The van der Waals surface area contributed by atoms with Crippen molar-refractivity contribution in [1.29, 1.82) is 0 Å². The quantitative estimate of drug-likeness (QED) is 0.560. The number of ether oxygens (including phenoxy) is 1. The van der Waals surface area contributed by atoms with Gasteiger partial charge in [-0.25, -0.2) is 0 Å². The number of benzene rings is 2. The number of fused-ring (bicyclic) bond motifs is 3. The van der Waals surface area contributed by atoms with Gasteiger partial charge in [0.05, 0.1) is 18.5 Å². The van der Waals surface area contributed by atoms with Gasteiger partial charge in [0.15, 0.2) is 5.82 Å². The number of rotatable bonds is 3. The normalized spacial score (nSPS) is 12.4. The molecule has 3 aromatic rings. The van der Waals surface area contributed by atoms with Gasteiger partial charge in [0.2, 0.25) is 5.91 Å². The zero-order valence-electron chi connectivity index (χ0n) is 21.5. The Bertz CT molecular complexity index is 1290. The first kappa shape index (κ1) is 26.0. The second-order valence-corrected chi connectivity index (χ2v) is 12.7. The number of methoxy groups -OCH3 is 1. The van der Waals surface area contributed by atoms with Gasteiger partial charge in [0.25, 0.3) is 0 Å². The molecule has 1 N–H and O–H groups in total. The van der Waals surface area contributed by atoms with Gasteiger partial charge in [-0.3, -0.25) is 14.4 Å². The summed E-state index contributed by atoms with van der Waals surface area (Å²) in [6.45, 7) is 6.56. The lowest BCUT2D eigenvalue weighted by atomic mass is 9.99. The molecule has 0 spiro atoms. The van der Waals surface area contributed by atoms with Crippen molar-refractivity contribution in [2.24, 2.45) is 4.99 Å². The van der Waals surface area contributed by atoms with E-state index in [-0.39, 0.29) is 5.91 Å². The van der Waals surface area contributed by atoms with Crippen LogP contribution in [0, 0.1) is 18.1 Å². The van der Waals surface area contributed by atoms with Crippen molar-refractivity contribution < 1.29 is 9.53 Å². The lowest BCUT2D eigenvalue weighted by Gasteiger charge is -2.15. The third-order valence-electron chi connectivity index (χ3n) is 5.06. The van der Waals surface area contributed by atoms with E-state index in [0.717, 1.165) is 52.0 Å². The average Bonchev–Trinajstić information content (AvgIpc) is 3.09. The molecule has 0 saturated heterocycles. The van der Waals surface area contributed by atoms with Crippen molar-refractivity contribution in [2.45, 2.75) is 27.3 Å². The average molecular weight is 492 g/mol. The van der Waals surface area contributed by atoms with Crippen molar-refractivity contribution >= 4 is 21.6 Å². The predicted octanol–water partition coefficient (Wildman–Crippen LogP) is 4.08. The van der Waals surface area contributed by atoms with Gasteiger partial charge >= 0.3 is 0 Å². The summed E-state index contributed by atoms with van der Waals surface area (Å²) in [5.41, 5.74) is 5.00. The second kappa shape index (κ2) is 11.2. The van der Waals surface area contributed by atoms with Crippen LogP contribution in [0.4, 0.5) is 0 Å². The van der Waals surface area contributed by atoms with Crippen LogP contribution in [0.15, 0.2) is 47.5 Å². The lowest BCUT2D eigenvalue weighted by molar-refractivity contribution is -0.118. The summed E-state index contributed by atoms with van der Waals surface area (Å²) in [5.74, 6) is 5.80. The molecule has 0 unspecified atom stereocenters. The lowest BCUT2D eigenvalue weighted by Crippen LogP contribution is -2.18. The topological polar surface area (TPSA) is 81.4 Å². The molecule has 35 heavy (non-hydrogen) atoms. The van der Waals surface area contributed by atoms with Crippen LogP contribution in [0.3, 0.4) is 0 Å². The van der Waals surface area contributed by atoms with Crippen molar-refractivity contribution in [3.63, 3.8) is 0 Å². The molecule has 0 radical (unpaired) electrons. The fourth-order valence-corrected chi connectivity index (χ4v) is 3.93. The zero-order chi connectivity index (χ0) is 25.6. The second-order valence-electron chi connectivity index (χ2n) is 8.77. The van der Waals surface area contributed by atoms with Crippen molar-refractivity contribution in [2.75, 3.05) is 32.4 Å². The Morgan fingerprint density at radius 2 is 1.86 bits per heavy atom. The first-order valence-electron chi connectivity index (χ1n) is 11.3. The Morgan fingerprint density at radius 3 is 2.43 bits per heavy atom. The van der Waals surface area contributed by atoms with Crippen molar-refractivity contribution in [3.8, 4) is 22.6 Å². The van der Waals surface area contributed by atoms with Crippen LogP contribution in [-0.4, -0.2) is 58.8 Å². The van der Waals surface area contributed by atoms with Gasteiger partial charge in [-0.15, -0.1) is 10.2 Å². The summed E-state index contributed by atoms with van der Waals surface area (Å²) >= 11 is 0. The van der Waals surface area contributed by atoms with Crippen molar-refractivity contribution in [3.05, 3.63) is 70.8 Å². The van der Waals surface area contributed by atoms with E-state index < -0.39 is 10.0 Å². The summed E-state index contributed by atoms with van der Waals surface area (Å²) in [5, 5.41) is 14.5. The number of amides is 1. The molecule has 0 fully saturated rings. The van der Waals surface area contributed by atoms with E-state index in [1.54, 1.807) is 7.11 Å². The number of hydrogen-bond donors (Lipinski definition) is 1. The molecule has 1 amide bonds. The number of carbonyl (C=O) groups excluding carboxylic acids is 1. The van der Waals surface area contributed by atoms with E-state index in [2.05, 4.69) is 74.3 Å². The highest BCUT2D eigenvalue weighted by Crippen LogP contribution is 2.32. The fraction of sp³-hybridized carbons (Fsp3) is 0.333. The molecular formula is C27H33N5O2S. The molecule has 1 aromatic heterocycles. The minimum absolute atomic E-state index is 0.0394. The summed E-state index contributed by atoms with van der Waals surface area (Å²) in [6, 6.07) is 14.3. The Morgan fingerprint density at radius 1 is 1.14 bits per heavy atom. The molecule has 8 heteroatoms. The molecule has 1 aliphatic heterocycles. The van der Waals surface area contributed by atoms with E-state index in [0.29, 0.717) is 6.54 Å². The molecule has 2 heterocycles. The Labute approximate surface area is 209 Å². The highest BCUT2D eigenvalue weighted by Gasteiger charge is 2.22. The van der Waals surface area contributed by atoms with Gasteiger partial charge in [0.1, 0.15) is 18.1 Å². The minimum Gasteiger partial charge on any atom is -0.497 e. The maximum atomic E-state index is 9.93. The highest BCUT2D eigenvalue weighted by molar-refractivity contribution is 8.35. The first-order chi connectivity index (χ1) is 16.6. The SMILES string of the molecule is CCNC(C)=O.COc1ccc2c(c1)C(c1ccc(C#CS(C)(C)C)cc1)=NCc1nnc(C)n1-2. The van der Waals surface area contributed by atoms with Crippen LogP contribution in [0.25, 0.3) is 5.69 Å². The van der Waals surface area contributed by atoms with Gasteiger partial charge < -0.3 is 10.1 Å². The van der Waals surface area contributed by atoms with E-state index in [1.807, 2.05) is 32.0 Å². The molecule has 184 valence electrons. The molecule has 2 aromatic carbocycles. The van der Waals surface area contributed by atoms with Crippen LogP contribution in [0.1, 0.15) is 42.2 Å². The molecule has 1 aliphatic rings. The van der Waals surface area contributed by atoms with Crippen LogP contribution in [0.5, 0.6) is 5.75 Å². The van der Waals surface area contributed by atoms with E-state index in [1.165, 1.54) is 6.92 Å². The molecule has 7 nitrogen and oxygen atoms in total. The van der Waals surface area contributed by atoms with Gasteiger partial charge in [-0.1, -0.05) is 18.1 Å². The van der Waals surface area contributed by atoms with Gasteiger partial charge in [-0.05, 0) is 68.2 Å². The highest BCUT2D eigenvalue weighted by atomic mass is 32.3. The van der Waals surface area contributed by atoms with E-state index in [4.69, 9.17) is 9.73 Å². The summed E-state index contributed by atoms with van der Waals surface area (Å²) < 4.78 is 7.54. The van der Waals surface area contributed by atoms with Crippen LogP contribution in [0.2, 0.25) is 0 Å². The number of nitrogens with one attached hydrogen (secondary N) is 1. The predicted molar refractivity (Wildman–Crippen MR) is 145 cm³/mol. The smallest absolute Gasteiger partial charge is 0.216 e. The standard InChI is InChI=1S/C23H24N4OS.C4H9NO/c1-16-25-26-22-15-24-23(20-14-19(28-2)10-11-21(20)27(16)22)18-8-6-17(7-9-18)12-13-29(3,4)5;1-3-5-4(2)6/h6-11,14H,15H2,1-5H3;3H2,1-2H3,(H,5,6). The van der Waals surface area contributed by atoms with Crippen LogP contribution >= 0.6 is 10.0 Å². The van der Waals surface area contributed by atoms with E-state index in [9.17, 15) is 4.79 Å². The molecule has 0 bridgehead atoms.